The molecule has 0 aromatic rings. The van der Waals surface area contributed by atoms with Gasteiger partial charge in [0.1, 0.15) is 11.1 Å². The normalized spacial score (nSPS) is 16.2. The van der Waals surface area contributed by atoms with E-state index in [-0.39, 0.29) is 77.2 Å². The van der Waals surface area contributed by atoms with Gasteiger partial charge in [0, 0.05) is 42.2 Å². The van der Waals surface area contributed by atoms with E-state index in [0.29, 0.717) is 0 Å². The first-order valence-corrected chi connectivity index (χ1v) is 13.9. The SMILES string of the molecule is COC(=O)C1=CC(=C([O])OC)C(OP(C(C)(C)C)C(C)(C)C)=C=C1OP(C(C)(C)C)C(C)(C)C.[Cl-].[HH].[Ir]. The number of hydrogen-bond donors (Lipinski definition) is 0. The van der Waals surface area contributed by atoms with Crippen molar-refractivity contribution in [2.75, 3.05) is 14.2 Å². The Bertz CT molecular complexity index is 887. The molecule has 1 aliphatic rings. The predicted octanol–water partition coefficient (Wildman–Crippen LogP) is 5.02. The molecule has 1 rings (SSSR count). The molecule has 0 heterocycles. The minimum atomic E-state index is -1.08. The Labute approximate surface area is 242 Å². The van der Waals surface area contributed by atoms with Gasteiger partial charge in [0.2, 0.25) is 0 Å². The molecule has 0 atom stereocenters. The van der Waals surface area contributed by atoms with Gasteiger partial charge in [-0.05, 0) is 11.8 Å². The van der Waals surface area contributed by atoms with E-state index in [9.17, 15) is 9.90 Å². The van der Waals surface area contributed by atoms with E-state index in [2.05, 4.69) is 88.8 Å². The third kappa shape index (κ3) is 9.98. The summed E-state index contributed by atoms with van der Waals surface area (Å²) >= 11 is 0. The maximum absolute atomic E-state index is 12.7. The Hall–Kier alpha value is -0.531. The van der Waals surface area contributed by atoms with Crippen molar-refractivity contribution in [2.24, 2.45) is 0 Å². The van der Waals surface area contributed by atoms with Gasteiger partial charge >= 0.3 is 11.9 Å². The van der Waals surface area contributed by atoms with Crippen LogP contribution in [0.25, 0.3) is 0 Å². The van der Waals surface area contributed by atoms with Gasteiger partial charge in [-0.3, -0.25) is 0 Å². The van der Waals surface area contributed by atoms with E-state index in [0.717, 1.165) is 0 Å². The molecule has 10 heteroatoms. The monoisotopic (exact) mass is 743 g/mol. The molecular weight excluding hydrogens is 698 g/mol. The largest absolute Gasteiger partial charge is 1.00 e. The second-order valence-corrected chi connectivity index (χ2v) is 19.1. The molecule has 0 saturated carbocycles. The minimum Gasteiger partial charge on any atom is -1.00 e. The predicted molar refractivity (Wildman–Crippen MR) is 142 cm³/mol. The maximum Gasteiger partial charge on any atom is 0.342 e. The van der Waals surface area contributed by atoms with Gasteiger partial charge in [0.15, 0.2) is 11.5 Å². The van der Waals surface area contributed by atoms with E-state index in [1.165, 1.54) is 20.3 Å². The summed E-state index contributed by atoms with van der Waals surface area (Å²) < 4.78 is 23.1. The molecular formula is C26H45ClIrO6P2-. The number of carbonyl (C=O) groups excluding carboxylic acids is 1. The van der Waals surface area contributed by atoms with Crippen molar-refractivity contribution >= 4 is 22.3 Å². The van der Waals surface area contributed by atoms with Crippen LogP contribution in [0.4, 0.5) is 0 Å². The molecule has 0 N–H and O–H groups in total. The zero-order valence-corrected chi connectivity index (χ0v) is 29.1. The zero-order valence-electron chi connectivity index (χ0n) is 24.1. The second-order valence-electron chi connectivity index (χ2n) is 12.2. The molecule has 212 valence electrons. The first-order chi connectivity index (χ1) is 15.1. The molecule has 0 bridgehead atoms. The van der Waals surface area contributed by atoms with Gasteiger partial charge in [0.25, 0.3) is 0 Å². The van der Waals surface area contributed by atoms with E-state index >= 15 is 0 Å². The summed E-state index contributed by atoms with van der Waals surface area (Å²) in [6.45, 7) is 25.3. The average Bonchev–Trinajstić information content (AvgIpc) is 2.65. The van der Waals surface area contributed by atoms with Crippen LogP contribution in [0, 0.1) is 0 Å². The molecule has 36 heavy (non-hydrogen) atoms. The average molecular weight is 743 g/mol. The summed E-state index contributed by atoms with van der Waals surface area (Å²) in [6, 6.07) is 0. The molecule has 0 amide bonds. The van der Waals surface area contributed by atoms with Crippen molar-refractivity contribution in [1.29, 1.82) is 0 Å². The number of rotatable bonds is 6. The third-order valence-corrected chi connectivity index (χ3v) is 10.2. The number of carbonyl (C=O) groups is 1. The van der Waals surface area contributed by atoms with Crippen LogP contribution in [0.3, 0.4) is 0 Å². The Morgan fingerprint density at radius 1 is 0.750 bits per heavy atom. The summed E-state index contributed by atoms with van der Waals surface area (Å²) in [5.74, 6) is -0.782. The van der Waals surface area contributed by atoms with Crippen LogP contribution in [0.5, 0.6) is 0 Å². The first kappa shape index (κ1) is 37.6. The Kier molecular flexibility index (Phi) is 14.1. The van der Waals surface area contributed by atoms with Gasteiger partial charge in [-0.15, -0.1) is 0 Å². The van der Waals surface area contributed by atoms with Crippen molar-refractivity contribution in [3.8, 4) is 0 Å². The molecule has 0 fully saturated rings. The molecule has 1 aliphatic carbocycles. The van der Waals surface area contributed by atoms with Crippen LogP contribution in [0.1, 0.15) is 84.5 Å². The zero-order chi connectivity index (χ0) is 26.9. The van der Waals surface area contributed by atoms with Crippen LogP contribution >= 0.6 is 16.3 Å². The fourth-order valence-corrected chi connectivity index (χ4v) is 9.70. The van der Waals surface area contributed by atoms with Gasteiger partial charge in [-0.1, -0.05) is 83.1 Å². The van der Waals surface area contributed by atoms with E-state index < -0.39 is 28.2 Å². The Balaban J connectivity index is -0.00000385. The number of ether oxygens (including phenoxy) is 2. The fraction of sp³-hybridized carbons (Fsp3) is 0.692. The van der Waals surface area contributed by atoms with Crippen LogP contribution in [-0.4, -0.2) is 40.8 Å². The summed E-state index contributed by atoms with van der Waals surface area (Å²) in [6.07, 6.45) is 1.44. The maximum atomic E-state index is 12.7. The van der Waals surface area contributed by atoms with E-state index in [4.69, 9.17) is 18.5 Å². The number of methoxy groups -OCH3 is 2. The van der Waals surface area contributed by atoms with Crippen molar-refractivity contribution in [3.63, 3.8) is 0 Å². The van der Waals surface area contributed by atoms with Gasteiger partial charge in [-0.2, -0.15) is 0 Å². The minimum absolute atomic E-state index is 0. The quantitative estimate of drug-likeness (QED) is 0.166. The number of hydrogen-bond acceptors (Lipinski definition) is 5. The van der Waals surface area contributed by atoms with Gasteiger partial charge in [0.05, 0.1) is 30.5 Å². The molecule has 0 aliphatic heterocycles. The molecule has 0 spiro atoms. The van der Waals surface area contributed by atoms with Gasteiger partial charge in [-0.25, -0.2) is 9.90 Å². The molecule has 2 radical (unpaired) electrons. The molecule has 0 aromatic heterocycles. The standard InChI is InChI=1S/C26H43O6P2.ClH.Ir.H2/c1-23(2,3)33(24(4,5)6)31-19-16-20(32-34(25(7,8)9)26(10,11)12)18(22(28)30-14)15-17(19)21(27)29-13;;;/h15H,1-14H3;1H;;1H/p-1. The fourth-order valence-electron chi connectivity index (χ4n) is 3.92. The van der Waals surface area contributed by atoms with Crippen molar-refractivity contribution in [2.45, 2.75) is 104 Å². The Morgan fingerprint density at radius 2 is 1.11 bits per heavy atom. The van der Waals surface area contributed by atoms with Crippen molar-refractivity contribution in [3.05, 3.63) is 40.4 Å². The van der Waals surface area contributed by atoms with E-state index in [1.54, 1.807) is 0 Å². The van der Waals surface area contributed by atoms with Crippen LogP contribution in [0.2, 0.25) is 0 Å². The number of halogens is 1. The third-order valence-electron chi connectivity index (χ3n) is 4.62. The Morgan fingerprint density at radius 3 is 1.42 bits per heavy atom. The second kappa shape index (κ2) is 13.5. The first-order valence-electron chi connectivity index (χ1n) is 11.4. The number of esters is 1. The molecule has 6 nitrogen and oxygen atoms in total. The van der Waals surface area contributed by atoms with Crippen LogP contribution in [0.15, 0.2) is 40.4 Å². The molecule has 0 unspecified atom stereocenters. The molecule has 0 saturated heterocycles. The topological polar surface area (TPSA) is 73.9 Å². The summed E-state index contributed by atoms with van der Waals surface area (Å²) in [5, 5.41) is 12.0. The summed E-state index contributed by atoms with van der Waals surface area (Å²) in [5.41, 5.74) is 3.38. The van der Waals surface area contributed by atoms with Crippen molar-refractivity contribution < 1.29 is 62.4 Å². The summed E-state index contributed by atoms with van der Waals surface area (Å²) in [4.78, 5) is 12.7. The van der Waals surface area contributed by atoms with Crippen LogP contribution < -0.4 is 12.4 Å². The van der Waals surface area contributed by atoms with E-state index in [1.807, 2.05) is 0 Å². The molecule has 0 aromatic carbocycles. The smallest absolute Gasteiger partial charge is 0.342 e. The van der Waals surface area contributed by atoms with Crippen molar-refractivity contribution in [1.82, 2.24) is 0 Å². The summed E-state index contributed by atoms with van der Waals surface area (Å²) in [7, 11) is 0.436. The van der Waals surface area contributed by atoms with Gasteiger partial charge < -0.3 is 30.9 Å². The van der Waals surface area contributed by atoms with Crippen LogP contribution in [-0.2, 0) is 48.5 Å².